The van der Waals surface area contributed by atoms with E-state index in [9.17, 15) is 8.42 Å². The fourth-order valence-electron chi connectivity index (χ4n) is 0.929. The smallest absolute Gasteiger partial charge is 0.209 e. The zero-order valence-electron chi connectivity index (χ0n) is 7.61. The van der Waals surface area contributed by atoms with E-state index in [1.54, 1.807) is 26.0 Å². The molecule has 0 amide bonds. The number of hydrogen-bond donors (Lipinski definition) is 1. The maximum Gasteiger partial charge on any atom is 0.240 e. The molecule has 0 spiro atoms. The van der Waals surface area contributed by atoms with Crippen LogP contribution in [0.3, 0.4) is 0 Å². The molecule has 0 heterocycles. The van der Waals surface area contributed by atoms with Crippen LogP contribution in [0.25, 0.3) is 0 Å². The molecule has 1 N–H and O–H groups in total. The Morgan fingerprint density at radius 2 is 1.85 bits per heavy atom. The molecule has 0 fully saturated rings. The van der Waals surface area contributed by atoms with Crippen LogP contribution in [0.4, 0.5) is 0 Å². The SMILES string of the molecule is CC(C)NS(=O)(=O)c1cc[c]cc1. The molecule has 71 valence electrons. The number of rotatable bonds is 3. The van der Waals surface area contributed by atoms with Gasteiger partial charge >= 0.3 is 0 Å². The summed E-state index contributed by atoms with van der Waals surface area (Å²) in [6.45, 7) is 3.57. The van der Waals surface area contributed by atoms with Gasteiger partial charge in [0.2, 0.25) is 10.0 Å². The van der Waals surface area contributed by atoms with Crippen LogP contribution in [-0.2, 0) is 10.0 Å². The van der Waals surface area contributed by atoms with Gasteiger partial charge in [-0.15, -0.1) is 0 Å². The van der Waals surface area contributed by atoms with Crippen molar-refractivity contribution >= 4 is 10.0 Å². The summed E-state index contributed by atoms with van der Waals surface area (Å²) in [4.78, 5) is 0.278. The lowest BCUT2D eigenvalue weighted by Gasteiger charge is -2.08. The Labute approximate surface area is 78.8 Å². The summed E-state index contributed by atoms with van der Waals surface area (Å²) in [5, 5.41) is 0. The number of sulfonamides is 1. The minimum absolute atomic E-state index is 0.0887. The van der Waals surface area contributed by atoms with Gasteiger partial charge < -0.3 is 0 Å². The summed E-state index contributed by atoms with van der Waals surface area (Å²) in [6, 6.07) is 8.87. The quantitative estimate of drug-likeness (QED) is 0.792. The monoisotopic (exact) mass is 198 g/mol. The second-order valence-electron chi connectivity index (χ2n) is 3.01. The van der Waals surface area contributed by atoms with Gasteiger partial charge in [-0.25, -0.2) is 13.1 Å². The van der Waals surface area contributed by atoms with Gasteiger partial charge in [0.15, 0.2) is 0 Å². The highest BCUT2D eigenvalue weighted by molar-refractivity contribution is 7.89. The van der Waals surface area contributed by atoms with Crippen LogP contribution in [0.5, 0.6) is 0 Å². The molecule has 4 heteroatoms. The standard InChI is InChI=1S/C9H12NO2S/c1-8(2)10-13(11,12)9-6-4-3-5-7-9/h4-8,10H,1-2H3. The number of hydrogen-bond acceptors (Lipinski definition) is 2. The van der Waals surface area contributed by atoms with Crippen LogP contribution in [0.15, 0.2) is 29.2 Å². The molecule has 0 bridgehead atoms. The first kappa shape index (κ1) is 10.2. The van der Waals surface area contributed by atoms with E-state index in [2.05, 4.69) is 10.8 Å². The zero-order chi connectivity index (χ0) is 9.90. The van der Waals surface area contributed by atoms with Crippen LogP contribution in [-0.4, -0.2) is 14.5 Å². The van der Waals surface area contributed by atoms with Crippen LogP contribution in [0.2, 0.25) is 0 Å². The first-order valence-electron chi connectivity index (χ1n) is 4.01. The average molecular weight is 198 g/mol. The summed E-state index contributed by atoms with van der Waals surface area (Å²) < 4.78 is 25.5. The predicted octanol–water partition coefficient (Wildman–Crippen LogP) is 1.17. The molecule has 0 saturated carbocycles. The lowest BCUT2D eigenvalue weighted by atomic mass is 10.4. The molecule has 13 heavy (non-hydrogen) atoms. The number of benzene rings is 1. The second-order valence-corrected chi connectivity index (χ2v) is 4.73. The lowest BCUT2D eigenvalue weighted by molar-refractivity contribution is 0.570. The van der Waals surface area contributed by atoms with Gasteiger partial charge in [0.1, 0.15) is 0 Å². The molecule has 1 aromatic carbocycles. The highest BCUT2D eigenvalue weighted by Crippen LogP contribution is 2.07. The minimum Gasteiger partial charge on any atom is -0.209 e. The largest absolute Gasteiger partial charge is 0.240 e. The first-order valence-corrected chi connectivity index (χ1v) is 5.49. The Kier molecular flexibility index (Phi) is 3.06. The third-order valence-electron chi connectivity index (χ3n) is 1.39. The molecule has 1 radical (unpaired) electrons. The van der Waals surface area contributed by atoms with Crippen molar-refractivity contribution in [2.75, 3.05) is 0 Å². The molecular weight excluding hydrogens is 186 g/mol. The van der Waals surface area contributed by atoms with Gasteiger partial charge in [0.25, 0.3) is 0 Å². The first-order chi connectivity index (χ1) is 6.02. The third kappa shape index (κ3) is 2.82. The summed E-state index contributed by atoms with van der Waals surface area (Å²) >= 11 is 0. The van der Waals surface area contributed by atoms with Crippen molar-refractivity contribution in [3.63, 3.8) is 0 Å². The topological polar surface area (TPSA) is 46.2 Å². The van der Waals surface area contributed by atoms with Crippen molar-refractivity contribution in [3.8, 4) is 0 Å². The van der Waals surface area contributed by atoms with Gasteiger partial charge in [-0.05, 0) is 32.0 Å². The van der Waals surface area contributed by atoms with Gasteiger partial charge in [-0.3, -0.25) is 0 Å². The van der Waals surface area contributed by atoms with Gasteiger partial charge in [0.05, 0.1) is 4.90 Å². The fourth-order valence-corrected chi connectivity index (χ4v) is 2.18. The summed E-state index contributed by atoms with van der Waals surface area (Å²) in [5.41, 5.74) is 0. The number of nitrogens with one attached hydrogen (secondary N) is 1. The van der Waals surface area contributed by atoms with Crippen molar-refractivity contribution in [3.05, 3.63) is 30.3 Å². The Morgan fingerprint density at radius 3 is 2.31 bits per heavy atom. The van der Waals surface area contributed by atoms with E-state index in [-0.39, 0.29) is 10.9 Å². The summed E-state index contributed by atoms with van der Waals surface area (Å²) in [7, 11) is -3.33. The molecule has 0 aliphatic rings. The summed E-state index contributed by atoms with van der Waals surface area (Å²) in [5.74, 6) is 0. The molecule has 1 aromatic rings. The van der Waals surface area contributed by atoms with Gasteiger partial charge in [-0.2, -0.15) is 0 Å². The maximum atomic E-state index is 11.5. The molecule has 1 rings (SSSR count). The van der Waals surface area contributed by atoms with E-state index in [0.29, 0.717) is 0 Å². The van der Waals surface area contributed by atoms with E-state index < -0.39 is 10.0 Å². The van der Waals surface area contributed by atoms with Crippen molar-refractivity contribution in [1.82, 2.24) is 4.72 Å². The van der Waals surface area contributed by atoms with Crippen LogP contribution in [0, 0.1) is 6.07 Å². The second kappa shape index (κ2) is 3.89. The normalized spacial score (nSPS) is 11.9. The molecule has 3 nitrogen and oxygen atoms in total. The van der Waals surface area contributed by atoms with Crippen molar-refractivity contribution in [1.29, 1.82) is 0 Å². The third-order valence-corrected chi connectivity index (χ3v) is 3.06. The Hall–Kier alpha value is -0.870. The molecule has 0 saturated heterocycles. The fraction of sp³-hybridized carbons (Fsp3) is 0.333. The molecule has 0 aromatic heterocycles. The van der Waals surface area contributed by atoms with Crippen molar-refractivity contribution < 1.29 is 8.42 Å². The van der Waals surface area contributed by atoms with Gasteiger partial charge in [0, 0.05) is 6.04 Å². The van der Waals surface area contributed by atoms with E-state index in [1.807, 2.05) is 0 Å². The maximum absolute atomic E-state index is 11.5. The van der Waals surface area contributed by atoms with Crippen LogP contribution in [0.1, 0.15) is 13.8 Å². The summed E-state index contributed by atoms with van der Waals surface area (Å²) in [6.07, 6.45) is 0. The highest BCUT2D eigenvalue weighted by atomic mass is 32.2. The Bertz CT molecular complexity index is 356. The molecule has 0 atom stereocenters. The molecule has 0 aliphatic heterocycles. The molecular formula is C9H12NO2S. The molecule has 0 unspecified atom stereocenters. The van der Waals surface area contributed by atoms with E-state index >= 15 is 0 Å². The zero-order valence-corrected chi connectivity index (χ0v) is 8.43. The van der Waals surface area contributed by atoms with E-state index in [4.69, 9.17) is 0 Å². The van der Waals surface area contributed by atoms with Crippen molar-refractivity contribution in [2.24, 2.45) is 0 Å². The highest BCUT2D eigenvalue weighted by Gasteiger charge is 2.13. The van der Waals surface area contributed by atoms with Gasteiger partial charge in [-0.1, -0.05) is 12.1 Å². The van der Waals surface area contributed by atoms with Crippen molar-refractivity contribution in [2.45, 2.75) is 24.8 Å². The lowest BCUT2D eigenvalue weighted by Crippen LogP contribution is -2.30. The van der Waals surface area contributed by atoms with E-state index in [0.717, 1.165) is 0 Å². The predicted molar refractivity (Wildman–Crippen MR) is 50.7 cm³/mol. The Balaban J connectivity index is 2.96. The molecule has 0 aliphatic carbocycles. The van der Waals surface area contributed by atoms with E-state index in [1.165, 1.54) is 12.1 Å². The van der Waals surface area contributed by atoms with Crippen LogP contribution >= 0.6 is 0 Å². The minimum atomic E-state index is -3.33. The Morgan fingerprint density at radius 1 is 1.31 bits per heavy atom. The average Bonchev–Trinajstić information content (AvgIpc) is 2.04. The van der Waals surface area contributed by atoms with Crippen LogP contribution < -0.4 is 4.72 Å².